The Morgan fingerprint density at radius 2 is 1.71 bits per heavy atom. The van der Waals surface area contributed by atoms with Crippen molar-refractivity contribution in [1.29, 1.82) is 0 Å². The Balaban J connectivity index is 1.43. The van der Waals surface area contributed by atoms with Crippen LogP contribution in [0.3, 0.4) is 0 Å². The highest BCUT2D eigenvalue weighted by Gasteiger charge is 2.20. The summed E-state index contributed by atoms with van der Waals surface area (Å²) >= 11 is 0. The van der Waals surface area contributed by atoms with Gasteiger partial charge >= 0.3 is 0 Å². The number of carbonyl (C=O) groups is 1. The molecule has 1 saturated heterocycles. The van der Waals surface area contributed by atoms with Crippen LogP contribution in [0, 0.1) is 0 Å². The number of rotatable bonds is 8. The van der Waals surface area contributed by atoms with Crippen molar-refractivity contribution >= 4 is 11.6 Å². The zero-order chi connectivity index (χ0) is 19.8. The third-order valence-electron chi connectivity index (χ3n) is 5.21. The van der Waals surface area contributed by atoms with Gasteiger partial charge in [-0.15, -0.1) is 0 Å². The highest BCUT2D eigenvalue weighted by Crippen LogP contribution is 2.28. The van der Waals surface area contributed by atoms with Crippen molar-refractivity contribution in [2.75, 3.05) is 44.2 Å². The molecule has 5 heteroatoms. The van der Waals surface area contributed by atoms with Crippen LogP contribution >= 0.6 is 0 Å². The van der Waals surface area contributed by atoms with Gasteiger partial charge in [-0.1, -0.05) is 42.5 Å². The van der Waals surface area contributed by atoms with Gasteiger partial charge in [-0.25, -0.2) is 0 Å². The van der Waals surface area contributed by atoms with E-state index >= 15 is 0 Å². The minimum Gasteiger partial charge on any atom is -0.492 e. The fourth-order valence-electron chi connectivity index (χ4n) is 3.61. The predicted molar refractivity (Wildman–Crippen MR) is 114 cm³/mol. The van der Waals surface area contributed by atoms with E-state index in [1.54, 1.807) is 0 Å². The second kappa shape index (κ2) is 10.1. The average molecular weight is 382 g/mol. The number of nitrogens with one attached hydrogen (secondary N) is 1. The molecule has 0 spiro atoms. The SMILES string of the molecule is CCOc1ccccc1N1CCN(CCC(=O)N[C@H](C)c2ccccc2)CC1. The molecule has 0 bridgehead atoms. The third-order valence-corrected chi connectivity index (χ3v) is 5.21. The molecule has 150 valence electrons. The molecule has 1 aliphatic rings. The van der Waals surface area contributed by atoms with Gasteiger partial charge in [-0.2, -0.15) is 0 Å². The molecule has 1 N–H and O–H groups in total. The summed E-state index contributed by atoms with van der Waals surface area (Å²) in [5.74, 6) is 1.06. The van der Waals surface area contributed by atoms with E-state index in [4.69, 9.17) is 4.74 Å². The Hall–Kier alpha value is -2.53. The molecule has 1 atom stereocenters. The first kappa shape index (κ1) is 20.2. The summed E-state index contributed by atoms with van der Waals surface area (Å²) in [6, 6.07) is 18.4. The summed E-state index contributed by atoms with van der Waals surface area (Å²) in [6.45, 7) is 9.34. The molecular formula is C23H31N3O2. The molecule has 5 nitrogen and oxygen atoms in total. The molecule has 2 aromatic carbocycles. The van der Waals surface area contributed by atoms with Crippen molar-refractivity contribution < 1.29 is 9.53 Å². The van der Waals surface area contributed by atoms with E-state index in [2.05, 4.69) is 27.2 Å². The summed E-state index contributed by atoms with van der Waals surface area (Å²) < 4.78 is 5.76. The predicted octanol–water partition coefficient (Wildman–Crippen LogP) is 3.47. The maximum absolute atomic E-state index is 12.3. The van der Waals surface area contributed by atoms with E-state index in [1.165, 1.54) is 5.69 Å². The monoisotopic (exact) mass is 381 g/mol. The minimum atomic E-state index is 0.0422. The molecule has 28 heavy (non-hydrogen) atoms. The number of ether oxygens (including phenoxy) is 1. The van der Waals surface area contributed by atoms with E-state index in [0.29, 0.717) is 13.0 Å². The van der Waals surface area contributed by atoms with Crippen LogP contribution in [0.4, 0.5) is 5.69 Å². The van der Waals surface area contributed by atoms with Crippen molar-refractivity contribution in [2.45, 2.75) is 26.3 Å². The zero-order valence-electron chi connectivity index (χ0n) is 16.9. The second-order valence-electron chi connectivity index (χ2n) is 7.18. The van der Waals surface area contributed by atoms with Gasteiger partial charge in [0.05, 0.1) is 18.3 Å². The number of para-hydroxylation sites is 2. The van der Waals surface area contributed by atoms with Crippen LogP contribution in [0.25, 0.3) is 0 Å². The topological polar surface area (TPSA) is 44.8 Å². The molecule has 1 amide bonds. The van der Waals surface area contributed by atoms with E-state index < -0.39 is 0 Å². The Labute approximate surface area is 168 Å². The summed E-state index contributed by atoms with van der Waals surface area (Å²) in [5, 5.41) is 3.10. The van der Waals surface area contributed by atoms with E-state index in [9.17, 15) is 4.79 Å². The van der Waals surface area contributed by atoms with E-state index in [1.807, 2.05) is 56.3 Å². The number of amides is 1. The van der Waals surface area contributed by atoms with Crippen molar-refractivity contribution in [3.8, 4) is 5.75 Å². The Kier molecular flexibility index (Phi) is 7.31. The normalized spacial score (nSPS) is 15.9. The molecule has 0 aromatic heterocycles. The van der Waals surface area contributed by atoms with Gasteiger partial charge in [0.25, 0.3) is 0 Å². The molecule has 1 heterocycles. The maximum atomic E-state index is 12.3. The zero-order valence-corrected chi connectivity index (χ0v) is 16.9. The summed E-state index contributed by atoms with van der Waals surface area (Å²) in [6.07, 6.45) is 0.534. The average Bonchev–Trinajstić information content (AvgIpc) is 2.74. The van der Waals surface area contributed by atoms with Gasteiger partial charge in [-0.3, -0.25) is 9.69 Å². The summed E-state index contributed by atoms with van der Waals surface area (Å²) in [4.78, 5) is 17.0. The molecule has 2 aromatic rings. The number of hydrogen-bond acceptors (Lipinski definition) is 4. The van der Waals surface area contributed by atoms with Gasteiger partial charge in [0, 0.05) is 39.1 Å². The molecule has 0 saturated carbocycles. The van der Waals surface area contributed by atoms with Crippen LogP contribution in [0.2, 0.25) is 0 Å². The first-order chi connectivity index (χ1) is 13.7. The Bertz CT molecular complexity index is 743. The number of piperazine rings is 1. The van der Waals surface area contributed by atoms with Crippen molar-refractivity contribution in [3.05, 3.63) is 60.2 Å². The minimum absolute atomic E-state index is 0.0422. The van der Waals surface area contributed by atoms with Crippen LogP contribution in [0.5, 0.6) is 5.75 Å². The van der Waals surface area contributed by atoms with E-state index in [0.717, 1.165) is 44.0 Å². The third kappa shape index (κ3) is 5.49. The van der Waals surface area contributed by atoms with Gasteiger partial charge in [-0.05, 0) is 31.5 Å². The summed E-state index contributed by atoms with van der Waals surface area (Å²) in [7, 11) is 0. The van der Waals surface area contributed by atoms with Crippen LogP contribution in [-0.2, 0) is 4.79 Å². The quantitative estimate of drug-likeness (QED) is 0.760. The van der Waals surface area contributed by atoms with Crippen molar-refractivity contribution in [2.24, 2.45) is 0 Å². The molecule has 1 aliphatic heterocycles. The first-order valence-electron chi connectivity index (χ1n) is 10.2. The molecule has 1 fully saturated rings. The fraction of sp³-hybridized carbons (Fsp3) is 0.435. The van der Waals surface area contributed by atoms with Gasteiger partial charge in [0.1, 0.15) is 5.75 Å². The van der Waals surface area contributed by atoms with Gasteiger partial charge in [0.2, 0.25) is 5.91 Å². The molecule has 0 radical (unpaired) electrons. The smallest absolute Gasteiger partial charge is 0.221 e. The highest BCUT2D eigenvalue weighted by molar-refractivity contribution is 5.76. The molecule has 0 aliphatic carbocycles. The first-order valence-corrected chi connectivity index (χ1v) is 10.2. The maximum Gasteiger partial charge on any atom is 0.221 e. The lowest BCUT2D eigenvalue weighted by atomic mass is 10.1. The van der Waals surface area contributed by atoms with Crippen molar-refractivity contribution in [1.82, 2.24) is 10.2 Å². The largest absolute Gasteiger partial charge is 0.492 e. The van der Waals surface area contributed by atoms with Crippen LogP contribution in [0.15, 0.2) is 54.6 Å². The van der Waals surface area contributed by atoms with E-state index in [-0.39, 0.29) is 11.9 Å². The number of benzene rings is 2. The number of anilines is 1. The summed E-state index contributed by atoms with van der Waals surface area (Å²) in [5.41, 5.74) is 2.30. The van der Waals surface area contributed by atoms with Crippen molar-refractivity contribution in [3.63, 3.8) is 0 Å². The van der Waals surface area contributed by atoms with Crippen LogP contribution in [0.1, 0.15) is 31.9 Å². The van der Waals surface area contributed by atoms with Crippen LogP contribution < -0.4 is 15.0 Å². The Morgan fingerprint density at radius 3 is 2.43 bits per heavy atom. The van der Waals surface area contributed by atoms with Crippen LogP contribution in [-0.4, -0.2) is 50.1 Å². The number of nitrogens with zero attached hydrogens (tertiary/aromatic N) is 2. The molecule has 0 unspecified atom stereocenters. The fourth-order valence-corrected chi connectivity index (χ4v) is 3.61. The number of hydrogen-bond donors (Lipinski definition) is 1. The lowest BCUT2D eigenvalue weighted by Gasteiger charge is -2.36. The lowest BCUT2D eigenvalue weighted by molar-refractivity contribution is -0.122. The standard InChI is InChI=1S/C23H31N3O2/c1-3-28-22-12-8-7-11-21(22)26-17-15-25(16-18-26)14-13-23(27)24-19(2)20-9-5-4-6-10-20/h4-12,19H,3,13-18H2,1-2H3,(H,24,27)/t19-/m1/s1. The molecular weight excluding hydrogens is 350 g/mol. The Morgan fingerprint density at radius 1 is 1.04 bits per heavy atom. The highest BCUT2D eigenvalue weighted by atomic mass is 16.5. The number of carbonyl (C=O) groups excluding carboxylic acids is 1. The molecule has 3 rings (SSSR count). The second-order valence-corrected chi connectivity index (χ2v) is 7.18. The lowest BCUT2D eigenvalue weighted by Crippen LogP contribution is -2.47. The van der Waals surface area contributed by atoms with Gasteiger partial charge in [0.15, 0.2) is 0 Å². The van der Waals surface area contributed by atoms with Gasteiger partial charge < -0.3 is 15.0 Å².